The Morgan fingerprint density at radius 1 is 0.923 bits per heavy atom. The predicted molar refractivity (Wildman–Crippen MR) is 77.6 cm³/mol. The molecule has 4 aliphatic carbocycles. The summed E-state index contributed by atoms with van der Waals surface area (Å²) < 4.78 is 110. The Morgan fingerprint density at radius 2 is 1.42 bits per heavy atom. The van der Waals surface area contributed by atoms with E-state index in [0.717, 1.165) is 19.3 Å². The SMILES string of the molecule is O=C(CC12CC3CC(CC1C3)C2)C(F)(F)S(=O)(=O)NS(=O)(=O)C(F)(F)F. The van der Waals surface area contributed by atoms with Crippen LogP contribution in [0.25, 0.3) is 0 Å². The van der Waals surface area contributed by atoms with Crippen LogP contribution in [0.4, 0.5) is 22.0 Å². The average molecular weight is 425 g/mol. The maximum Gasteiger partial charge on any atom is 0.512 e. The van der Waals surface area contributed by atoms with Gasteiger partial charge in [-0.15, -0.1) is 0 Å². The van der Waals surface area contributed by atoms with Gasteiger partial charge in [-0.2, -0.15) is 22.0 Å². The Labute approximate surface area is 146 Å². The molecule has 0 spiro atoms. The van der Waals surface area contributed by atoms with Gasteiger partial charge in [-0.1, -0.05) is 4.13 Å². The van der Waals surface area contributed by atoms with E-state index in [9.17, 15) is 43.6 Å². The minimum absolute atomic E-state index is 0.0144. The molecular weight excluding hydrogens is 409 g/mol. The van der Waals surface area contributed by atoms with E-state index in [2.05, 4.69) is 0 Å². The van der Waals surface area contributed by atoms with Crippen molar-refractivity contribution in [1.29, 1.82) is 0 Å². The van der Waals surface area contributed by atoms with Gasteiger partial charge in [-0.05, 0) is 55.3 Å². The fourth-order valence-electron chi connectivity index (χ4n) is 5.07. The van der Waals surface area contributed by atoms with E-state index in [-0.39, 0.29) is 21.9 Å². The van der Waals surface area contributed by atoms with E-state index in [4.69, 9.17) is 0 Å². The van der Waals surface area contributed by atoms with Gasteiger partial charge in [0.2, 0.25) is 5.78 Å². The Balaban J connectivity index is 1.80. The number of sulfonamides is 2. The van der Waals surface area contributed by atoms with Crippen molar-refractivity contribution >= 4 is 25.8 Å². The van der Waals surface area contributed by atoms with Crippen LogP contribution in [-0.2, 0) is 24.8 Å². The second kappa shape index (κ2) is 5.60. The van der Waals surface area contributed by atoms with Crippen LogP contribution in [-0.4, -0.2) is 33.4 Å². The molecule has 1 N–H and O–H groups in total. The largest absolute Gasteiger partial charge is 0.512 e. The first-order valence-corrected chi connectivity index (χ1v) is 10.8. The van der Waals surface area contributed by atoms with Crippen LogP contribution in [0.15, 0.2) is 0 Å². The van der Waals surface area contributed by atoms with Crippen molar-refractivity contribution in [3.8, 4) is 0 Å². The van der Waals surface area contributed by atoms with E-state index in [0.29, 0.717) is 12.8 Å². The molecule has 2 unspecified atom stereocenters. The standard InChI is InChI=1S/C13H16F5NO5S2/c14-12(15,25(21,22)19-26(23,24)13(16,17)18)10(20)6-11-4-7-1-8(5-11)3-9(11)2-7/h7-9,19H,1-6H2. The van der Waals surface area contributed by atoms with Crippen LogP contribution >= 0.6 is 0 Å². The van der Waals surface area contributed by atoms with E-state index < -0.39 is 48.4 Å². The summed E-state index contributed by atoms with van der Waals surface area (Å²) in [6.45, 7) is 0. The molecule has 0 amide bonds. The summed E-state index contributed by atoms with van der Waals surface area (Å²) >= 11 is 0. The summed E-state index contributed by atoms with van der Waals surface area (Å²) in [6, 6.07) is 0. The molecule has 4 bridgehead atoms. The lowest BCUT2D eigenvalue weighted by molar-refractivity contribution is -0.136. The van der Waals surface area contributed by atoms with Gasteiger partial charge < -0.3 is 0 Å². The van der Waals surface area contributed by atoms with Gasteiger partial charge in [-0.3, -0.25) is 4.79 Å². The van der Waals surface area contributed by atoms with Crippen molar-refractivity contribution in [3.63, 3.8) is 0 Å². The topological polar surface area (TPSA) is 97.4 Å². The number of rotatable bonds is 6. The quantitative estimate of drug-likeness (QED) is 0.658. The molecule has 0 aromatic rings. The molecule has 0 aliphatic heterocycles. The van der Waals surface area contributed by atoms with Crippen LogP contribution in [0, 0.1) is 23.2 Å². The fraction of sp³-hybridized carbons (Fsp3) is 0.923. The smallest absolute Gasteiger partial charge is 0.292 e. The molecule has 13 heteroatoms. The van der Waals surface area contributed by atoms with Gasteiger partial charge in [0.1, 0.15) is 0 Å². The number of alkyl halides is 5. The van der Waals surface area contributed by atoms with Crippen molar-refractivity contribution < 1.29 is 43.6 Å². The number of nitrogens with one attached hydrogen (secondary N) is 1. The lowest BCUT2D eigenvalue weighted by Crippen LogP contribution is -2.51. The highest BCUT2D eigenvalue weighted by molar-refractivity contribution is 8.05. The summed E-state index contributed by atoms with van der Waals surface area (Å²) in [7, 11) is -13.0. The zero-order valence-corrected chi connectivity index (χ0v) is 14.9. The molecule has 0 saturated heterocycles. The second-order valence-electron chi connectivity index (χ2n) is 7.56. The molecule has 150 valence electrons. The summed E-state index contributed by atoms with van der Waals surface area (Å²) in [5, 5.41) is -5.28. The molecule has 0 aromatic heterocycles. The Hall–Kier alpha value is -0.820. The van der Waals surface area contributed by atoms with Crippen LogP contribution in [0.2, 0.25) is 0 Å². The number of halogens is 5. The highest BCUT2D eigenvalue weighted by Crippen LogP contribution is 2.67. The van der Waals surface area contributed by atoms with Crippen LogP contribution in [0.3, 0.4) is 0 Å². The van der Waals surface area contributed by atoms with Gasteiger partial charge in [0, 0.05) is 6.42 Å². The van der Waals surface area contributed by atoms with Gasteiger partial charge >= 0.3 is 20.8 Å². The third-order valence-electron chi connectivity index (χ3n) is 5.86. The second-order valence-corrected chi connectivity index (χ2v) is 11.2. The normalized spacial score (nSPS) is 34.4. The monoisotopic (exact) mass is 425 g/mol. The third-order valence-corrected chi connectivity index (χ3v) is 9.13. The summed E-state index contributed by atoms with van der Waals surface area (Å²) in [6.07, 6.45) is 2.69. The van der Waals surface area contributed by atoms with Gasteiger partial charge in [-0.25, -0.2) is 16.8 Å². The van der Waals surface area contributed by atoms with Crippen molar-refractivity contribution in [3.05, 3.63) is 0 Å². The number of carbonyl (C=O) groups is 1. The predicted octanol–water partition coefficient (Wildman–Crippen LogP) is 2.13. The number of hydrogen-bond donors (Lipinski definition) is 1. The summed E-state index contributed by atoms with van der Waals surface area (Å²) in [5.41, 5.74) is -6.87. The minimum atomic E-state index is -6.59. The molecule has 0 aromatic carbocycles. The van der Waals surface area contributed by atoms with Crippen molar-refractivity contribution in [2.75, 3.05) is 0 Å². The van der Waals surface area contributed by atoms with Crippen LogP contribution in [0.1, 0.15) is 38.5 Å². The molecule has 0 radical (unpaired) electrons. The molecule has 4 aliphatic rings. The van der Waals surface area contributed by atoms with Crippen molar-refractivity contribution in [1.82, 2.24) is 4.13 Å². The molecular formula is C13H16F5NO5S2. The zero-order chi connectivity index (χ0) is 19.8. The van der Waals surface area contributed by atoms with Gasteiger partial charge in [0.05, 0.1) is 0 Å². The number of carbonyl (C=O) groups excluding carboxylic acids is 1. The van der Waals surface area contributed by atoms with Gasteiger partial charge in [0.25, 0.3) is 10.0 Å². The fourth-order valence-corrected chi connectivity index (χ4v) is 7.39. The lowest BCUT2D eigenvalue weighted by atomic mass is 9.72. The van der Waals surface area contributed by atoms with Crippen molar-refractivity contribution in [2.24, 2.45) is 23.2 Å². The summed E-state index contributed by atoms with van der Waals surface area (Å²) in [5.74, 6) is -1.49. The first-order chi connectivity index (χ1) is 11.6. The maximum atomic E-state index is 14.1. The van der Waals surface area contributed by atoms with Gasteiger partial charge in [0.15, 0.2) is 0 Å². The van der Waals surface area contributed by atoms with Crippen LogP contribution in [0.5, 0.6) is 0 Å². The molecule has 26 heavy (non-hydrogen) atoms. The first-order valence-electron chi connectivity index (χ1n) is 7.85. The van der Waals surface area contributed by atoms with E-state index in [1.165, 1.54) is 0 Å². The Bertz CT molecular complexity index is 821. The third kappa shape index (κ3) is 2.95. The lowest BCUT2D eigenvalue weighted by Gasteiger charge is -2.33. The van der Waals surface area contributed by atoms with E-state index >= 15 is 0 Å². The van der Waals surface area contributed by atoms with E-state index in [1.54, 1.807) is 0 Å². The Kier molecular flexibility index (Phi) is 4.29. The molecule has 6 nitrogen and oxygen atoms in total. The van der Waals surface area contributed by atoms with E-state index in [1.807, 2.05) is 0 Å². The zero-order valence-electron chi connectivity index (χ0n) is 13.2. The number of hydrogen-bond acceptors (Lipinski definition) is 5. The Morgan fingerprint density at radius 3 is 1.88 bits per heavy atom. The minimum Gasteiger partial charge on any atom is -0.292 e. The molecule has 2 atom stereocenters. The molecule has 0 heterocycles. The number of Topliss-reactive ketones (excluding diaryl/α,β-unsaturated/α-hetero) is 1. The highest BCUT2D eigenvalue weighted by Gasteiger charge is 2.63. The molecule has 4 rings (SSSR count). The molecule has 4 fully saturated rings. The highest BCUT2D eigenvalue weighted by atomic mass is 32.3. The first kappa shape index (κ1) is 19.9. The number of ketones is 1. The summed E-state index contributed by atoms with van der Waals surface area (Å²) in [4.78, 5) is 12.0. The maximum absolute atomic E-state index is 14.1. The average Bonchev–Trinajstić information content (AvgIpc) is 2.80. The van der Waals surface area contributed by atoms with Crippen LogP contribution < -0.4 is 4.13 Å². The van der Waals surface area contributed by atoms with Crippen molar-refractivity contribution in [2.45, 2.75) is 49.3 Å². The molecule has 4 saturated carbocycles.